The molecule has 0 aliphatic heterocycles. The van der Waals surface area contributed by atoms with Crippen molar-refractivity contribution in [2.24, 2.45) is 5.92 Å². The first-order valence-electron chi connectivity index (χ1n) is 6.42. The monoisotopic (exact) mass is 238 g/mol. The lowest BCUT2D eigenvalue weighted by Gasteiger charge is -2.38. The predicted molar refractivity (Wildman–Crippen MR) is 65.6 cm³/mol. The molecular weight excluding hydrogens is 216 g/mol. The molecule has 4 heteroatoms. The Balaban J connectivity index is 2.22. The third-order valence-corrected chi connectivity index (χ3v) is 3.93. The average molecular weight is 238 g/mol. The van der Waals surface area contributed by atoms with Crippen LogP contribution in [0.5, 0.6) is 0 Å². The Labute approximate surface area is 103 Å². The van der Waals surface area contributed by atoms with Crippen molar-refractivity contribution in [3.05, 3.63) is 18.0 Å². The largest absolute Gasteiger partial charge is 0.383 e. The van der Waals surface area contributed by atoms with Crippen molar-refractivity contribution in [2.75, 3.05) is 13.7 Å². The van der Waals surface area contributed by atoms with E-state index in [4.69, 9.17) is 4.74 Å². The lowest BCUT2D eigenvalue weighted by molar-refractivity contribution is -0.0546. The Bertz CT molecular complexity index is 364. The van der Waals surface area contributed by atoms with Gasteiger partial charge in [0.1, 0.15) is 5.60 Å². The number of ether oxygens (including phenoxy) is 1. The van der Waals surface area contributed by atoms with Gasteiger partial charge in [-0.15, -0.1) is 0 Å². The maximum Gasteiger partial charge on any atom is 0.109 e. The first kappa shape index (κ1) is 12.6. The number of nitrogens with zero attached hydrogens (tertiary/aromatic N) is 2. The van der Waals surface area contributed by atoms with Crippen LogP contribution in [0.25, 0.3) is 0 Å². The number of hydrogen-bond donors (Lipinski definition) is 1. The zero-order valence-electron chi connectivity index (χ0n) is 10.7. The lowest BCUT2D eigenvalue weighted by atomic mass is 9.74. The molecule has 2 rings (SSSR count). The summed E-state index contributed by atoms with van der Waals surface area (Å²) in [6.45, 7) is 3.46. The van der Waals surface area contributed by atoms with Crippen LogP contribution in [0.2, 0.25) is 0 Å². The van der Waals surface area contributed by atoms with Crippen molar-refractivity contribution in [1.29, 1.82) is 0 Å². The van der Waals surface area contributed by atoms with Crippen LogP contribution in [0.3, 0.4) is 0 Å². The van der Waals surface area contributed by atoms with Crippen molar-refractivity contribution in [3.8, 4) is 0 Å². The molecule has 1 aromatic rings. The van der Waals surface area contributed by atoms with Crippen molar-refractivity contribution in [3.63, 3.8) is 0 Å². The topological polar surface area (TPSA) is 47.3 Å². The summed E-state index contributed by atoms with van der Waals surface area (Å²) in [6, 6.07) is 1.94. The van der Waals surface area contributed by atoms with E-state index in [2.05, 4.69) is 12.0 Å². The Morgan fingerprint density at radius 3 is 3.12 bits per heavy atom. The Kier molecular flexibility index (Phi) is 3.84. The molecule has 0 spiro atoms. The minimum absolute atomic E-state index is 0.300. The van der Waals surface area contributed by atoms with Gasteiger partial charge in [-0.25, -0.2) is 0 Å². The minimum Gasteiger partial charge on any atom is -0.383 e. The molecule has 1 aliphatic rings. The van der Waals surface area contributed by atoms with Gasteiger partial charge in [0.25, 0.3) is 0 Å². The molecule has 17 heavy (non-hydrogen) atoms. The molecule has 0 bridgehead atoms. The summed E-state index contributed by atoms with van der Waals surface area (Å²) in [4.78, 5) is 0. The molecular formula is C13H22N2O2. The fourth-order valence-electron chi connectivity index (χ4n) is 2.77. The molecule has 2 unspecified atom stereocenters. The summed E-state index contributed by atoms with van der Waals surface area (Å²) in [5.74, 6) is 0.300. The van der Waals surface area contributed by atoms with Gasteiger partial charge in [0, 0.05) is 13.3 Å². The lowest BCUT2D eigenvalue weighted by Crippen LogP contribution is -2.38. The first-order chi connectivity index (χ1) is 8.18. The summed E-state index contributed by atoms with van der Waals surface area (Å²) < 4.78 is 6.96. The smallest absolute Gasteiger partial charge is 0.109 e. The summed E-state index contributed by atoms with van der Waals surface area (Å²) in [7, 11) is 1.68. The summed E-state index contributed by atoms with van der Waals surface area (Å²) in [6.07, 6.45) is 6.01. The first-order valence-corrected chi connectivity index (χ1v) is 6.42. The minimum atomic E-state index is -0.706. The Morgan fingerprint density at radius 2 is 2.41 bits per heavy atom. The van der Waals surface area contributed by atoms with E-state index in [1.165, 1.54) is 6.42 Å². The van der Waals surface area contributed by atoms with Crippen LogP contribution >= 0.6 is 0 Å². The van der Waals surface area contributed by atoms with Gasteiger partial charge in [-0.1, -0.05) is 19.8 Å². The van der Waals surface area contributed by atoms with Crippen LogP contribution in [0, 0.1) is 5.92 Å². The van der Waals surface area contributed by atoms with Crippen LogP contribution in [0.15, 0.2) is 12.3 Å². The molecule has 1 fully saturated rings. The molecule has 2 atom stereocenters. The highest BCUT2D eigenvalue weighted by Gasteiger charge is 2.39. The van der Waals surface area contributed by atoms with E-state index in [-0.39, 0.29) is 0 Å². The molecule has 0 saturated heterocycles. The normalized spacial score (nSPS) is 29.5. The molecule has 1 heterocycles. The van der Waals surface area contributed by atoms with E-state index < -0.39 is 5.60 Å². The van der Waals surface area contributed by atoms with Gasteiger partial charge in [-0.3, -0.25) is 4.68 Å². The molecule has 1 aliphatic carbocycles. The highest BCUT2D eigenvalue weighted by molar-refractivity contribution is 5.14. The maximum atomic E-state index is 10.9. The predicted octanol–water partition coefficient (Wildman–Crippen LogP) is 1.93. The second-order valence-corrected chi connectivity index (χ2v) is 5.00. The van der Waals surface area contributed by atoms with Crippen LogP contribution in [0.4, 0.5) is 0 Å². The number of methoxy groups -OCH3 is 1. The van der Waals surface area contributed by atoms with Crippen molar-refractivity contribution >= 4 is 0 Å². The van der Waals surface area contributed by atoms with Gasteiger partial charge in [-0.2, -0.15) is 5.10 Å². The SMILES string of the molecule is COCCn1nccc1C1(O)CCCCC1C. The molecule has 0 radical (unpaired) electrons. The summed E-state index contributed by atoms with van der Waals surface area (Å²) >= 11 is 0. The summed E-state index contributed by atoms with van der Waals surface area (Å²) in [5.41, 5.74) is 0.240. The van der Waals surface area contributed by atoms with E-state index in [1.807, 2.05) is 10.7 Å². The van der Waals surface area contributed by atoms with Gasteiger partial charge >= 0.3 is 0 Å². The van der Waals surface area contributed by atoms with Gasteiger partial charge < -0.3 is 9.84 Å². The fraction of sp³-hybridized carbons (Fsp3) is 0.769. The second-order valence-electron chi connectivity index (χ2n) is 5.00. The van der Waals surface area contributed by atoms with Crippen LogP contribution in [-0.2, 0) is 16.9 Å². The van der Waals surface area contributed by atoms with Gasteiger partial charge in [0.15, 0.2) is 0 Å². The zero-order valence-corrected chi connectivity index (χ0v) is 10.7. The highest BCUT2D eigenvalue weighted by Crippen LogP contribution is 2.41. The molecule has 1 saturated carbocycles. The number of rotatable bonds is 4. The van der Waals surface area contributed by atoms with E-state index in [1.54, 1.807) is 13.3 Å². The second kappa shape index (κ2) is 5.19. The quantitative estimate of drug-likeness (QED) is 0.872. The van der Waals surface area contributed by atoms with Crippen molar-refractivity contribution < 1.29 is 9.84 Å². The standard InChI is InChI=1S/C13H22N2O2/c1-11-5-3-4-7-13(11,16)12-6-8-14-15(12)9-10-17-2/h6,8,11,16H,3-5,7,9-10H2,1-2H3. The Morgan fingerprint density at radius 1 is 1.59 bits per heavy atom. The van der Waals surface area contributed by atoms with Crippen molar-refractivity contribution in [1.82, 2.24) is 9.78 Å². The molecule has 1 aromatic heterocycles. The maximum absolute atomic E-state index is 10.9. The van der Waals surface area contributed by atoms with Crippen molar-refractivity contribution in [2.45, 2.75) is 44.8 Å². The summed E-state index contributed by atoms with van der Waals surface area (Å²) in [5, 5.41) is 15.2. The van der Waals surface area contributed by atoms with Gasteiger partial charge in [0.05, 0.1) is 18.8 Å². The third-order valence-electron chi connectivity index (χ3n) is 3.93. The van der Waals surface area contributed by atoms with E-state index in [9.17, 15) is 5.11 Å². The van der Waals surface area contributed by atoms with E-state index >= 15 is 0 Å². The third kappa shape index (κ3) is 2.38. The van der Waals surface area contributed by atoms with Crippen LogP contribution in [-0.4, -0.2) is 28.6 Å². The molecule has 0 aromatic carbocycles. The zero-order chi connectivity index (χ0) is 12.3. The Hall–Kier alpha value is -0.870. The van der Waals surface area contributed by atoms with E-state index in [0.29, 0.717) is 19.1 Å². The fourth-order valence-corrected chi connectivity index (χ4v) is 2.77. The van der Waals surface area contributed by atoms with Gasteiger partial charge in [-0.05, 0) is 24.8 Å². The van der Waals surface area contributed by atoms with Crippen LogP contribution in [0.1, 0.15) is 38.3 Å². The average Bonchev–Trinajstić information content (AvgIpc) is 2.79. The number of aromatic nitrogens is 2. The van der Waals surface area contributed by atoms with Gasteiger partial charge in [0.2, 0.25) is 0 Å². The molecule has 0 amide bonds. The highest BCUT2D eigenvalue weighted by atomic mass is 16.5. The van der Waals surface area contributed by atoms with E-state index in [0.717, 1.165) is 25.0 Å². The number of aliphatic hydroxyl groups is 1. The molecule has 1 N–H and O–H groups in total. The molecule has 96 valence electrons. The molecule has 4 nitrogen and oxygen atoms in total. The van der Waals surface area contributed by atoms with Crippen LogP contribution < -0.4 is 0 Å². The number of hydrogen-bond acceptors (Lipinski definition) is 3.